The van der Waals surface area contributed by atoms with Crippen LogP contribution in [0.5, 0.6) is 0 Å². The van der Waals surface area contributed by atoms with E-state index in [9.17, 15) is 4.79 Å². The lowest BCUT2D eigenvalue weighted by Crippen LogP contribution is -2.18. The average Bonchev–Trinajstić information content (AvgIpc) is 2.36. The summed E-state index contributed by atoms with van der Waals surface area (Å²) >= 11 is 5.91. The summed E-state index contributed by atoms with van der Waals surface area (Å²) in [5.74, 6) is 1.34. The Hall–Kier alpha value is -1.20. The molecule has 1 heterocycles. The summed E-state index contributed by atoms with van der Waals surface area (Å²) in [6.45, 7) is 4.65. The fraction of sp³-hybridized carbons (Fsp3) is 0.615. The van der Waals surface area contributed by atoms with Crippen molar-refractivity contribution in [3.05, 3.63) is 16.5 Å². The highest BCUT2D eigenvalue weighted by Gasteiger charge is 2.13. The van der Waals surface area contributed by atoms with Crippen molar-refractivity contribution in [2.24, 2.45) is 5.92 Å². The molecule has 0 aromatic carbocycles. The third-order valence-electron chi connectivity index (χ3n) is 2.92. The van der Waals surface area contributed by atoms with E-state index in [0.29, 0.717) is 30.4 Å². The molecule has 106 valence electrons. The zero-order valence-electron chi connectivity index (χ0n) is 11.3. The predicted octanol–water partition coefficient (Wildman–Crippen LogP) is 2.46. The minimum absolute atomic E-state index is 0.163. The van der Waals surface area contributed by atoms with Gasteiger partial charge < -0.3 is 10.4 Å². The second-order valence-corrected chi connectivity index (χ2v) is 4.85. The predicted molar refractivity (Wildman–Crippen MR) is 75.8 cm³/mol. The van der Waals surface area contributed by atoms with Gasteiger partial charge in [0.15, 0.2) is 6.29 Å². The molecule has 0 aliphatic rings. The molecule has 0 spiro atoms. The molecule has 0 saturated heterocycles. The van der Waals surface area contributed by atoms with Crippen LogP contribution in [-0.2, 0) is 0 Å². The number of rotatable bonds is 8. The topological polar surface area (TPSA) is 75.1 Å². The van der Waals surface area contributed by atoms with E-state index in [1.54, 1.807) is 6.92 Å². The maximum absolute atomic E-state index is 11.0. The van der Waals surface area contributed by atoms with Crippen molar-refractivity contribution in [2.75, 3.05) is 18.5 Å². The van der Waals surface area contributed by atoms with Crippen LogP contribution in [0, 0.1) is 12.8 Å². The molecule has 5 nitrogen and oxygen atoms in total. The van der Waals surface area contributed by atoms with Crippen molar-refractivity contribution in [1.29, 1.82) is 0 Å². The molecule has 2 N–H and O–H groups in total. The number of aryl methyl sites for hydroxylation is 1. The number of hydrogen-bond acceptors (Lipinski definition) is 5. The Morgan fingerprint density at radius 2 is 2.16 bits per heavy atom. The highest BCUT2D eigenvalue weighted by molar-refractivity contribution is 6.32. The van der Waals surface area contributed by atoms with Gasteiger partial charge in [-0.1, -0.05) is 24.9 Å². The highest BCUT2D eigenvalue weighted by Crippen LogP contribution is 2.20. The maximum Gasteiger partial charge on any atom is 0.156 e. The van der Waals surface area contributed by atoms with E-state index in [0.717, 1.165) is 19.3 Å². The summed E-state index contributed by atoms with van der Waals surface area (Å²) in [5.41, 5.74) is 0.284. The molecule has 1 atom stereocenters. The van der Waals surface area contributed by atoms with E-state index in [4.69, 9.17) is 16.7 Å². The van der Waals surface area contributed by atoms with Crippen LogP contribution in [-0.4, -0.2) is 34.5 Å². The standard InChI is InChI=1S/C13H20ClN3O2/c1-3-4-10(5-6-18)7-15-13-11(8-19)12(14)16-9(2)17-13/h8,10,18H,3-7H2,1-2H3,(H,15,16,17). The Bertz CT molecular complexity index is 421. The minimum atomic E-state index is 0.163. The summed E-state index contributed by atoms with van der Waals surface area (Å²) in [4.78, 5) is 19.2. The molecule has 0 saturated carbocycles. The summed E-state index contributed by atoms with van der Waals surface area (Å²) in [6, 6.07) is 0. The van der Waals surface area contributed by atoms with Gasteiger partial charge >= 0.3 is 0 Å². The van der Waals surface area contributed by atoms with Gasteiger partial charge in [-0.2, -0.15) is 0 Å². The zero-order chi connectivity index (χ0) is 14.3. The van der Waals surface area contributed by atoms with Crippen LogP contribution in [0.4, 0.5) is 5.82 Å². The monoisotopic (exact) mass is 285 g/mol. The van der Waals surface area contributed by atoms with Crippen molar-refractivity contribution >= 4 is 23.7 Å². The van der Waals surface area contributed by atoms with Gasteiger partial charge in [-0.3, -0.25) is 4.79 Å². The fourth-order valence-corrected chi connectivity index (χ4v) is 2.22. The van der Waals surface area contributed by atoms with Crippen LogP contribution in [0.25, 0.3) is 0 Å². The van der Waals surface area contributed by atoms with Gasteiger partial charge in [-0.25, -0.2) is 9.97 Å². The molecule has 1 rings (SSSR count). The lowest BCUT2D eigenvalue weighted by Gasteiger charge is -2.17. The molecule has 0 aliphatic carbocycles. The Morgan fingerprint density at radius 3 is 2.74 bits per heavy atom. The van der Waals surface area contributed by atoms with Crippen molar-refractivity contribution < 1.29 is 9.90 Å². The number of nitrogens with one attached hydrogen (secondary N) is 1. The first-order chi connectivity index (χ1) is 9.12. The Labute approximate surface area is 118 Å². The van der Waals surface area contributed by atoms with E-state index in [-0.39, 0.29) is 17.3 Å². The normalized spacial score (nSPS) is 12.2. The molecule has 0 amide bonds. The van der Waals surface area contributed by atoms with Crippen LogP contribution in [0.3, 0.4) is 0 Å². The number of aldehydes is 1. The first-order valence-corrected chi connectivity index (χ1v) is 6.84. The molecule has 0 aliphatic heterocycles. The number of carbonyl (C=O) groups excluding carboxylic acids is 1. The summed E-state index contributed by atoms with van der Waals surface area (Å²) in [6.07, 6.45) is 3.46. The number of halogens is 1. The number of nitrogens with zero attached hydrogens (tertiary/aromatic N) is 2. The van der Waals surface area contributed by atoms with E-state index in [1.807, 2.05) is 0 Å². The third-order valence-corrected chi connectivity index (χ3v) is 3.21. The molecule has 1 aromatic heterocycles. The molecule has 1 unspecified atom stereocenters. The van der Waals surface area contributed by atoms with Gasteiger partial charge in [0.1, 0.15) is 16.8 Å². The van der Waals surface area contributed by atoms with E-state index in [2.05, 4.69) is 22.2 Å². The van der Waals surface area contributed by atoms with E-state index < -0.39 is 0 Å². The minimum Gasteiger partial charge on any atom is -0.396 e. The van der Waals surface area contributed by atoms with Crippen LogP contribution in [0.15, 0.2) is 0 Å². The maximum atomic E-state index is 11.0. The number of aliphatic hydroxyl groups is 1. The molecule has 6 heteroatoms. The van der Waals surface area contributed by atoms with Crippen molar-refractivity contribution in [3.8, 4) is 0 Å². The number of anilines is 1. The van der Waals surface area contributed by atoms with Crippen molar-refractivity contribution in [3.63, 3.8) is 0 Å². The van der Waals surface area contributed by atoms with Gasteiger partial charge in [-0.05, 0) is 25.7 Å². The van der Waals surface area contributed by atoms with Crippen LogP contribution < -0.4 is 5.32 Å². The zero-order valence-corrected chi connectivity index (χ0v) is 12.1. The SMILES string of the molecule is CCCC(CCO)CNc1nc(C)nc(Cl)c1C=O. The quantitative estimate of drug-likeness (QED) is 0.567. The van der Waals surface area contributed by atoms with Crippen LogP contribution in [0.2, 0.25) is 5.15 Å². The Morgan fingerprint density at radius 1 is 1.42 bits per heavy atom. The second-order valence-electron chi connectivity index (χ2n) is 4.49. The summed E-state index contributed by atoms with van der Waals surface area (Å²) in [7, 11) is 0. The lowest BCUT2D eigenvalue weighted by atomic mass is 10.0. The number of carbonyl (C=O) groups is 1. The average molecular weight is 286 g/mol. The highest BCUT2D eigenvalue weighted by atomic mass is 35.5. The number of aromatic nitrogens is 2. The van der Waals surface area contributed by atoms with Crippen LogP contribution >= 0.6 is 11.6 Å². The van der Waals surface area contributed by atoms with E-state index in [1.165, 1.54) is 0 Å². The first kappa shape index (κ1) is 15.9. The van der Waals surface area contributed by atoms with Gasteiger partial charge in [0, 0.05) is 13.2 Å². The molecule has 0 fully saturated rings. The molecular formula is C13H20ClN3O2. The summed E-state index contributed by atoms with van der Waals surface area (Å²) < 4.78 is 0. The van der Waals surface area contributed by atoms with Crippen molar-refractivity contribution in [2.45, 2.75) is 33.1 Å². The summed E-state index contributed by atoms with van der Waals surface area (Å²) in [5, 5.41) is 12.3. The van der Waals surface area contributed by atoms with Crippen molar-refractivity contribution in [1.82, 2.24) is 9.97 Å². The fourth-order valence-electron chi connectivity index (χ4n) is 1.97. The largest absolute Gasteiger partial charge is 0.396 e. The third kappa shape index (κ3) is 4.76. The smallest absolute Gasteiger partial charge is 0.156 e. The molecular weight excluding hydrogens is 266 g/mol. The molecule has 0 radical (unpaired) electrons. The Kier molecular flexibility index (Phi) is 6.73. The first-order valence-electron chi connectivity index (χ1n) is 6.46. The lowest BCUT2D eigenvalue weighted by molar-refractivity contribution is 0.112. The van der Waals surface area contributed by atoms with Gasteiger partial charge in [0.2, 0.25) is 0 Å². The van der Waals surface area contributed by atoms with E-state index >= 15 is 0 Å². The van der Waals surface area contributed by atoms with Gasteiger partial charge in [0.25, 0.3) is 0 Å². The number of hydrogen-bond donors (Lipinski definition) is 2. The Balaban J connectivity index is 2.78. The van der Waals surface area contributed by atoms with Gasteiger partial charge in [0.05, 0.1) is 5.56 Å². The van der Waals surface area contributed by atoms with Crippen LogP contribution in [0.1, 0.15) is 42.4 Å². The molecule has 19 heavy (non-hydrogen) atoms. The second kappa shape index (κ2) is 8.07. The molecule has 1 aromatic rings. The van der Waals surface area contributed by atoms with Gasteiger partial charge in [-0.15, -0.1) is 0 Å². The number of aliphatic hydroxyl groups excluding tert-OH is 1. The molecule has 0 bridgehead atoms.